The van der Waals surface area contributed by atoms with Gasteiger partial charge in [-0.25, -0.2) is 0 Å². The molecule has 0 aliphatic rings. The predicted molar refractivity (Wildman–Crippen MR) is 357 cm³/mol. The molecule has 0 bridgehead atoms. The number of unbranched alkanes of at least 4 members (excludes halogenated alkanes) is 37. The van der Waals surface area contributed by atoms with E-state index >= 15 is 0 Å². The molecule has 0 aromatic carbocycles. The summed E-state index contributed by atoms with van der Waals surface area (Å²) >= 11 is 0. The molecule has 0 aromatic heterocycles. The molecule has 2 N–H and O–H groups in total. The Morgan fingerprint density at radius 1 is 0.439 bits per heavy atom. The van der Waals surface area contributed by atoms with Crippen LogP contribution in [0.4, 0.5) is 0 Å². The van der Waals surface area contributed by atoms with Gasteiger partial charge >= 0.3 is 0 Å². The second-order valence-corrected chi connectivity index (χ2v) is 26.3. The van der Waals surface area contributed by atoms with Crippen molar-refractivity contribution in [2.45, 2.75) is 334 Å². The van der Waals surface area contributed by atoms with Crippen molar-refractivity contribution in [2.24, 2.45) is 0 Å². The minimum Gasteiger partial charge on any atom is -0.756 e. The Labute approximate surface area is 509 Å². The Kier molecular flexibility index (Phi) is 61.4. The highest BCUT2D eigenvalue weighted by Gasteiger charge is 2.24. The third-order valence-corrected chi connectivity index (χ3v) is 16.6. The Hall–Kier alpha value is -2.32. The first-order valence-electron chi connectivity index (χ1n) is 34.9. The number of phosphoric acid groups is 1. The molecule has 0 fully saturated rings. The standard InChI is InChI=1S/C73H135N2O6P/c1-6-8-10-12-14-16-18-20-22-24-26-28-30-32-33-34-35-36-37-38-39-40-41-43-45-47-49-51-53-55-57-59-61-63-65-67-73(77)74-71(70-81-82(78,79)80-69-68-75(3,4)5)72(76)66-64-62-60-58-56-54-52-50-48-46-44-42-31-29-27-25-23-21-19-17-15-13-11-9-7-2/h8,10,14,16,20,22,26,28,32-33,35-36,38-39,71-72,76H,6-7,9,11-13,15,17-19,21,23-25,27,29-31,34,37,40-70H2,1-5H3,(H-,74,77,78,79)/b10-8-,16-14-,22-20-,28-26-,33-32-,36-35-,39-38-. The summed E-state index contributed by atoms with van der Waals surface area (Å²) in [7, 11) is 1.31. The lowest BCUT2D eigenvalue weighted by atomic mass is 10.0. The van der Waals surface area contributed by atoms with Crippen molar-refractivity contribution in [3.05, 3.63) is 85.1 Å². The predicted octanol–water partition coefficient (Wildman–Crippen LogP) is 21.7. The monoisotopic (exact) mass is 1170 g/mol. The van der Waals surface area contributed by atoms with Crippen LogP contribution in [0.1, 0.15) is 322 Å². The van der Waals surface area contributed by atoms with E-state index < -0.39 is 20.0 Å². The van der Waals surface area contributed by atoms with Crippen molar-refractivity contribution in [3.8, 4) is 0 Å². The first-order chi connectivity index (χ1) is 40.0. The first kappa shape index (κ1) is 79.7. The molecule has 0 saturated carbocycles. The van der Waals surface area contributed by atoms with Crippen LogP contribution >= 0.6 is 7.82 Å². The van der Waals surface area contributed by atoms with E-state index in [1.54, 1.807) is 0 Å². The Balaban J connectivity index is 4.05. The molecule has 1 amide bonds. The maximum Gasteiger partial charge on any atom is 0.268 e. The molecule has 0 spiro atoms. The first-order valence-corrected chi connectivity index (χ1v) is 36.4. The maximum atomic E-state index is 13.1. The normalized spacial score (nSPS) is 14.2. The Morgan fingerprint density at radius 3 is 1.09 bits per heavy atom. The van der Waals surface area contributed by atoms with Gasteiger partial charge in [0.15, 0.2) is 0 Å². The second-order valence-electron chi connectivity index (χ2n) is 24.9. The van der Waals surface area contributed by atoms with E-state index in [9.17, 15) is 19.4 Å². The number of hydrogen-bond donors (Lipinski definition) is 2. The van der Waals surface area contributed by atoms with Crippen LogP contribution in [0.25, 0.3) is 0 Å². The number of allylic oxidation sites excluding steroid dienone is 14. The van der Waals surface area contributed by atoms with Crippen LogP contribution in [0.3, 0.4) is 0 Å². The van der Waals surface area contributed by atoms with E-state index in [1.807, 2.05) is 21.1 Å². The number of quaternary nitrogens is 1. The summed E-state index contributed by atoms with van der Waals surface area (Å²) in [6.07, 6.45) is 89.3. The number of likely N-dealkylation sites (N-methyl/N-ethyl adjacent to an activating group) is 1. The lowest BCUT2D eigenvalue weighted by Crippen LogP contribution is -2.46. The third kappa shape index (κ3) is 65.2. The molecule has 3 atom stereocenters. The van der Waals surface area contributed by atoms with Crippen molar-refractivity contribution in [2.75, 3.05) is 40.9 Å². The number of carbonyl (C=O) groups excluding carboxylic acids is 1. The van der Waals surface area contributed by atoms with Crippen LogP contribution in [-0.4, -0.2) is 68.5 Å². The van der Waals surface area contributed by atoms with Crippen molar-refractivity contribution in [1.29, 1.82) is 0 Å². The molecule has 0 aliphatic heterocycles. The molecule has 0 aliphatic carbocycles. The smallest absolute Gasteiger partial charge is 0.268 e. The molecule has 9 heteroatoms. The zero-order valence-electron chi connectivity index (χ0n) is 54.7. The van der Waals surface area contributed by atoms with Gasteiger partial charge in [-0.05, 0) is 70.6 Å². The number of carbonyl (C=O) groups is 1. The van der Waals surface area contributed by atoms with Crippen LogP contribution in [0, 0.1) is 0 Å². The fourth-order valence-corrected chi connectivity index (χ4v) is 11.0. The van der Waals surface area contributed by atoms with Crippen LogP contribution in [0.2, 0.25) is 0 Å². The van der Waals surface area contributed by atoms with Gasteiger partial charge in [-0.3, -0.25) is 9.36 Å². The molecule has 0 radical (unpaired) electrons. The van der Waals surface area contributed by atoms with Gasteiger partial charge in [-0.1, -0.05) is 330 Å². The van der Waals surface area contributed by atoms with Gasteiger partial charge in [0.05, 0.1) is 39.9 Å². The van der Waals surface area contributed by atoms with Crippen LogP contribution < -0.4 is 10.2 Å². The number of aliphatic hydroxyl groups excluding tert-OH is 1. The molecule has 0 heterocycles. The number of amides is 1. The van der Waals surface area contributed by atoms with Crippen molar-refractivity contribution >= 4 is 13.7 Å². The van der Waals surface area contributed by atoms with E-state index in [1.165, 1.54) is 212 Å². The zero-order valence-corrected chi connectivity index (χ0v) is 55.6. The highest BCUT2D eigenvalue weighted by atomic mass is 31.2. The number of nitrogens with one attached hydrogen (secondary N) is 1. The molecule has 82 heavy (non-hydrogen) atoms. The average Bonchev–Trinajstić information content (AvgIpc) is 3.45. The van der Waals surface area contributed by atoms with E-state index in [0.717, 1.165) is 83.5 Å². The van der Waals surface area contributed by atoms with Gasteiger partial charge in [-0.15, -0.1) is 0 Å². The van der Waals surface area contributed by atoms with Gasteiger partial charge in [-0.2, -0.15) is 0 Å². The molecule has 478 valence electrons. The lowest BCUT2D eigenvalue weighted by Gasteiger charge is -2.30. The summed E-state index contributed by atoms with van der Waals surface area (Å²) in [4.78, 5) is 25.7. The lowest BCUT2D eigenvalue weighted by molar-refractivity contribution is -0.870. The fourth-order valence-electron chi connectivity index (χ4n) is 10.3. The van der Waals surface area contributed by atoms with Gasteiger partial charge in [0.25, 0.3) is 7.82 Å². The van der Waals surface area contributed by atoms with Crippen molar-refractivity contribution in [1.82, 2.24) is 5.32 Å². The molecule has 0 saturated heterocycles. The van der Waals surface area contributed by atoms with Crippen molar-refractivity contribution < 1.29 is 32.9 Å². The topological polar surface area (TPSA) is 108 Å². The number of aliphatic hydroxyl groups is 1. The Bertz CT molecular complexity index is 1610. The highest BCUT2D eigenvalue weighted by molar-refractivity contribution is 7.45. The van der Waals surface area contributed by atoms with Crippen LogP contribution in [0.15, 0.2) is 85.1 Å². The van der Waals surface area contributed by atoms with E-state index in [4.69, 9.17) is 9.05 Å². The van der Waals surface area contributed by atoms with Gasteiger partial charge in [0.1, 0.15) is 13.2 Å². The minimum absolute atomic E-state index is 0.0101. The van der Waals surface area contributed by atoms with E-state index in [2.05, 4.69) is 104 Å². The summed E-state index contributed by atoms with van der Waals surface area (Å²) in [6.45, 7) is 4.64. The van der Waals surface area contributed by atoms with Crippen molar-refractivity contribution in [3.63, 3.8) is 0 Å². The summed E-state index contributed by atoms with van der Waals surface area (Å²) in [5.41, 5.74) is 0. The number of nitrogens with zero attached hydrogens (tertiary/aromatic N) is 1. The number of hydrogen-bond acceptors (Lipinski definition) is 6. The molecule has 0 rings (SSSR count). The molecule has 3 unspecified atom stereocenters. The highest BCUT2D eigenvalue weighted by Crippen LogP contribution is 2.38. The summed E-state index contributed by atoms with van der Waals surface area (Å²) in [5, 5.41) is 14.1. The molecule has 0 aromatic rings. The third-order valence-electron chi connectivity index (χ3n) is 15.6. The van der Waals surface area contributed by atoms with E-state index in [0.29, 0.717) is 23.9 Å². The second kappa shape index (κ2) is 63.2. The quantitative estimate of drug-likeness (QED) is 0.0272. The van der Waals surface area contributed by atoms with Crippen LogP contribution in [-0.2, 0) is 18.4 Å². The maximum absolute atomic E-state index is 13.1. The molecular weight excluding hydrogens is 1030 g/mol. The summed E-state index contributed by atoms with van der Waals surface area (Å²) < 4.78 is 23.5. The van der Waals surface area contributed by atoms with Gasteiger partial charge < -0.3 is 28.8 Å². The SMILES string of the molecule is CC/C=C\C/C=C\C/C=C\C/C=C\C/C=C\C/C=C\C/C=C\CCCCCCCCCCCCCCCC(=O)NC(COP(=O)([O-])OCC[N+](C)(C)C)C(O)CCCCCCCCCCCCCCCCCCCCCCCCCCC. The minimum atomic E-state index is -4.58. The summed E-state index contributed by atoms with van der Waals surface area (Å²) in [6, 6.07) is -0.807. The largest absolute Gasteiger partial charge is 0.756 e. The van der Waals surface area contributed by atoms with Gasteiger partial charge in [0.2, 0.25) is 5.91 Å². The number of rotatable bonds is 64. The number of phosphoric ester groups is 1. The van der Waals surface area contributed by atoms with Gasteiger partial charge in [0, 0.05) is 6.42 Å². The molecular formula is C73H135N2O6P. The fraction of sp³-hybridized carbons (Fsp3) is 0.795. The average molecular weight is 1170 g/mol. The zero-order chi connectivity index (χ0) is 59.8. The van der Waals surface area contributed by atoms with E-state index in [-0.39, 0.29) is 19.1 Å². The van der Waals surface area contributed by atoms with Crippen LogP contribution in [0.5, 0.6) is 0 Å². The molecule has 8 nitrogen and oxygen atoms in total. The Morgan fingerprint density at radius 2 is 0.744 bits per heavy atom. The summed E-state index contributed by atoms with van der Waals surface area (Å²) in [5.74, 6) is -0.164.